The number of hydrazine groups is 1. The summed E-state index contributed by atoms with van der Waals surface area (Å²) in [5, 5.41) is 7.58. The Balaban J connectivity index is 1.38. The lowest BCUT2D eigenvalue weighted by atomic mass is 10.1. The quantitative estimate of drug-likeness (QED) is 0.243. The van der Waals surface area contributed by atoms with Gasteiger partial charge in [0.1, 0.15) is 12.1 Å². The summed E-state index contributed by atoms with van der Waals surface area (Å²) >= 11 is 3.51. The van der Waals surface area contributed by atoms with E-state index < -0.39 is 18.1 Å². The molecule has 1 saturated carbocycles. The van der Waals surface area contributed by atoms with E-state index in [1.807, 2.05) is 26.8 Å². The van der Waals surface area contributed by atoms with Gasteiger partial charge in [-0.05, 0) is 65.3 Å². The Morgan fingerprint density at radius 1 is 1.30 bits per heavy atom. The fourth-order valence-corrected chi connectivity index (χ4v) is 7.34. The molecule has 3 N–H and O–H groups in total. The zero-order valence-electron chi connectivity index (χ0n) is 22.8. The van der Waals surface area contributed by atoms with E-state index in [1.54, 1.807) is 11.4 Å². The minimum absolute atomic E-state index is 0.142. The molecule has 1 unspecified atom stereocenters. The largest absolute Gasteiger partial charge is 0.468 e. The number of carbonyl (C=O) groups is 3. The maximum absolute atomic E-state index is 15.6. The number of hydrogen-bond donors (Lipinski definition) is 3. The van der Waals surface area contributed by atoms with Gasteiger partial charge in [0.05, 0.1) is 27.0 Å². The molecule has 0 bridgehead atoms. The number of amides is 2. The standard InChI is InChI=1S/C28H33FIN5O4S/c1-5-15-16-8-9-17(23(29)24(16)33-25(15)30)20-12-40-21(31-20)11-19(32-26(36)22-13(2)14(22)3)27(37)35-10-6-7-18(34-35)28(38)39-4/h8-9,12-14,18-19,22,33-34H,5-7,10-11H2,1-4H3,(H,32,36)/t13-,14+,18-,19-,22?/m0/s1. The first-order valence-electron chi connectivity index (χ1n) is 13.5. The van der Waals surface area contributed by atoms with Crippen LogP contribution in [-0.4, -0.2) is 58.5 Å². The molecular weight excluding hydrogens is 648 g/mol. The van der Waals surface area contributed by atoms with Crippen LogP contribution < -0.4 is 10.7 Å². The Morgan fingerprint density at radius 2 is 2.05 bits per heavy atom. The molecule has 214 valence electrons. The van der Waals surface area contributed by atoms with Gasteiger partial charge in [0, 0.05) is 35.2 Å². The first-order chi connectivity index (χ1) is 19.1. The monoisotopic (exact) mass is 681 g/mol. The SMILES string of the molecule is CCc1c(I)[nH]c2c(F)c(-c3csc(C[C@H](NC(=O)C4[C@@H](C)[C@H]4C)C(=O)N4CCC[C@@H](C(=O)OC)N4)n3)ccc12. The van der Waals surface area contributed by atoms with E-state index >= 15 is 4.39 Å². The molecular formula is C28H33FIN5O4S. The van der Waals surface area contributed by atoms with Crippen molar-refractivity contribution < 1.29 is 23.5 Å². The molecule has 1 aromatic carbocycles. The predicted octanol–water partition coefficient (Wildman–Crippen LogP) is 4.20. The highest BCUT2D eigenvalue weighted by molar-refractivity contribution is 14.1. The fourth-order valence-electron chi connectivity index (χ4n) is 5.55. The summed E-state index contributed by atoms with van der Waals surface area (Å²) in [6.07, 6.45) is 2.12. The van der Waals surface area contributed by atoms with Crippen LogP contribution in [0.25, 0.3) is 22.2 Å². The van der Waals surface area contributed by atoms with Gasteiger partial charge >= 0.3 is 5.97 Å². The second-order valence-corrected chi connectivity index (χ2v) is 12.6. The molecule has 12 heteroatoms. The number of nitrogens with one attached hydrogen (secondary N) is 3. The third-order valence-electron chi connectivity index (χ3n) is 8.20. The lowest BCUT2D eigenvalue weighted by Crippen LogP contribution is -2.60. The Labute approximate surface area is 249 Å². The summed E-state index contributed by atoms with van der Waals surface area (Å²) in [6, 6.07) is 2.13. The Hall–Kier alpha value is -2.58. The number of carbonyl (C=O) groups excluding carboxylic acids is 3. The van der Waals surface area contributed by atoms with Crippen molar-refractivity contribution in [2.75, 3.05) is 13.7 Å². The average molecular weight is 682 g/mol. The zero-order valence-corrected chi connectivity index (χ0v) is 25.8. The first-order valence-corrected chi connectivity index (χ1v) is 15.5. The summed E-state index contributed by atoms with van der Waals surface area (Å²) in [7, 11) is 1.31. The van der Waals surface area contributed by atoms with Gasteiger partial charge in [-0.1, -0.05) is 26.8 Å². The van der Waals surface area contributed by atoms with Crippen molar-refractivity contribution in [2.45, 2.75) is 58.5 Å². The van der Waals surface area contributed by atoms with E-state index in [4.69, 9.17) is 4.74 Å². The van der Waals surface area contributed by atoms with Crippen LogP contribution in [0.5, 0.6) is 0 Å². The molecule has 2 fully saturated rings. The highest BCUT2D eigenvalue weighted by Gasteiger charge is 2.49. The molecule has 3 aromatic rings. The molecule has 0 radical (unpaired) electrons. The van der Waals surface area contributed by atoms with Crippen LogP contribution in [0.2, 0.25) is 0 Å². The van der Waals surface area contributed by atoms with Gasteiger partial charge in [-0.3, -0.25) is 19.4 Å². The van der Waals surface area contributed by atoms with E-state index in [1.165, 1.54) is 23.5 Å². The number of benzene rings is 1. The van der Waals surface area contributed by atoms with Gasteiger partial charge in [-0.2, -0.15) is 0 Å². The summed E-state index contributed by atoms with van der Waals surface area (Å²) in [5.41, 5.74) is 5.35. The number of nitrogens with zero attached hydrogens (tertiary/aromatic N) is 2. The van der Waals surface area contributed by atoms with Crippen molar-refractivity contribution in [3.05, 3.63) is 37.6 Å². The van der Waals surface area contributed by atoms with Gasteiger partial charge in [0.15, 0.2) is 5.82 Å². The number of H-pyrrole nitrogens is 1. The third-order valence-corrected chi connectivity index (χ3v) is 10.00. The van der Waals surface area contributed by atoms with Gasteiger partial charge in [0.2, 0.25) is 5.91 Å². The van der Waals surface area contributed by atoms with Gasteiger partial charge < -0.3 is 15.0 Å². The van der Waals surface area contributed by atoms with Crippen molar-refractivity contribution in [3.63, 3.8) is 0 Å². The van der Waals surface area contributed by atoms with E-state index in [0.717, 1.165) is 21.1 Å². The number of aromatic amines is 1. The minimum atomic E-state index is -0.889. The maximum atomic E-state index is 15.6. The van der Waals surface area contributed by atoms with E-state index in [9.17, 15) is 14.4 Å². The molecule has 2 aromatic heterocycles. The molecule has 3 heterocycles. The van der Waals surface area contributed by atoms with Gasteiger partial charge in [-0.15, -0.1) is 11.3 Å². The number of ether oxygens (including phenoxy) is 1. The van der Waals surface area contributed by atoms with Gasteiger partial charge in [0.25, 0.3) is 5.91 Å². The van der Waals surface area contributed by atoms with Crippen molar-refractivity contribution in [1.29, 1.82) is 0 Å². The van der Waals surface area contributed by atoms with E-state index in [0.29, 0.717) is 41.2 Å². The normalized spacial score (nSPS) is 23.2. The van der Waals surface area contributed by atoms with Crippen molar-refractivity contribution in [1.82, 2.24) is 25.7 Å². The Kier molecular flexibility index (Phi) is 8.48. The number of methoxy groups -OCH3 is 1. The smallest absolute Gasteiger partial charge is 0.324 e. The molecule has 2 aliphatic rings. The van der Waals surface area contributed by atoms with E-state index in [2.05, 4.69) is 43.3 Å². The number of esters is 1. The summed E-state index contributed by atoms with van der Waals surface area (Å²) < 4.78 is 21.3. The fraction of sp³-hybridized carbons (Fsp3) is 0.500. The van der Waals surface area contributed by atoms with Crippen LogP contribution in [-0.2, 0) is 32.0 Å². The number of thiazole rings is 1. The maximum Gasteiger partial charge on any atom is 0.324 e. The molecule has 9 nitrogen and oxygen atoms in total. The first kappa shape index (κ1) is 28.9. The lowest BCUT2D eigenvalue weighted by Gasteiger charge is -2.34. The molecule has 40 heavy (non-hydrogen) atoms. The number of rotatable bonds is 8. The second-order valence-electron chi connectivity index (χ2n) is 10.6. The molecule has 0 spiro atoms. The number of aryl methyl sites for hydroxylation is 1. The number of halogens is 2. The molecule has 5 rings (SSSR count). The number of hydrogen-bond acceptors (Lipinski definition) is 7. The minimum Gasteiger partial charge on any atom is -0.468 e. The van der Waals surface area contributed by atoms with Crippen LogP contribution in [0, 0.1) is 27.3 Å². The van der Waals surface area contributed by atoms with E-state index in [-0.39, 0.29) is 41.8 Å². The summed E-state index contributed by atoms with van der Waals surface area (Å²) in [4.78, 5) is 46.6. The topological polar surface area (TPSA) is 116 Å². The molecule has 1 aliphatic heterocycles. The average Bonchev–Trinajstić information content (AvgIpc) is 3.25. The van der Waals surface area contributed by atoms with Crippen molar-refractivity contribution >= 4 is 62.6 Å². The molecule has 1 aliphatic carbocycles. The molecule has 5 atom stereocenters. The van der Waals surface area contributed by atoms with Gasteiger partial charge in [-0.25, -0.2) is 14.8 Å². The van der Waals surface area contributed by atoms with Crippen LogP contribution in [0.15, 0.2) is 17.5 Å². The highest BCUT2D eigenvalue weighted by Crippen LogP contribution is 2.45. The number of aromatic nitrogens is 2. The van der Waals surface area contributed by atoms with Crippen molar-refractivity contribution in [3.8, 4) is 11.3 Å². The highest BCUT2D eigenvalue weighted by atomic mass is 127. The molecule has 2 amide bonds. The lowest BCUT2D eigenvalue weighted by molar-refractivity contribution is -0.151. The predicted molar refractivity (Wildman–Crippen MR) is 159 cm³/mol. The Morgan fingerprint density at radius 3 is 2.73 bits per heavy atom. The Bertz CT molecular complexity index is 1450. The van der Waals surface area contributed by atoms with Crippen LogP contribution in [0.4, 0.5) is 4.39 Å². The summed E-state index contributed by atoms with van der Waals surface area (Å²) in [5.74, 6) is -0.957. The second kappa shape index (κ2) is 11.7. The van der Waals surface area contributed by atoms with Crippen LogP contribution in [0.1, 0.15) is 44.2 Å². The molecule has 1 saturated heterocycles. The third kappa shape index (κ3) is 5.49. The van der Waals surface area contributed by atoms with Crippen LogP contribution >= 0.6 is 33.9 Å². The van der Waals surface area contributed by atoms with Crippen LogP contribution in [0.3, 0.4) is 0 Å². The van der Waals surface area contributed by atoms with Crippen molar-refractivity contribution in [2.24, 2.45) is 17.8 Å². The zero-order chi connectivity index (χ0) is 28.7. The summed E-state index contributed by atoms with van der Waals surface area (Å²) in [6.45, 7) is 6.48. The number of fused-ring (bicyclic) bond motifs is 1.